The van der Waals surface area contributed by atoms with E-state index >= 15 is 0 Å². The number of amides is 3. The highest BCUT2D eigenvalue weighted by molar-refractivity contribution is 8.14. The summed E-state index contributed by atoms with van der Waals surface area (Å²) in [5.74, 6) is -0.344. The lowest BCUT2D eigenvalue weighted by molar-refractivity contribution is -0.113. The van der Waals surface area contributed by atoms with Crippen LogP contribution in [0.1, 0.15) is 43.0 Å². The fourth-order valence-corrected chi connectivity index (χ4v) is 4.04. The number of anilines is 1. The number of ether oxygens (including phenoxy) is 1. The van der Waals surface area contributed by atoms with Crippen LogP contribution in [0.15, 0.2) is 34.3 Å². The number of hydrogen-bond donors (Lipinski definition) is 1. The van der Waals surface area contributed by atoms with Gasteiger partial charge in [-0.2, -0.15) is 4.99 Å². The molecule has 8 heteroatoms. The molecule has 1 heterocycles. The van der Waals surface area contributed by atoms with Crippen molar-refractivity contribution in [3.8, 4) is 0 Å². The van der Waals surface area contributed by atoms with Gasteiger partial charge in [0.1, 0.15) is 0 Å². The minimum atomic E-state index is -0.472. The molecule has 27 heavy (non-hydrogen) atoms. The van der Waals surface area contributed by atoms with Crippen LogP contribution < -0.4 is 5.32 Å². The van der Waals surface area contributed by atoms with Crippen LogP contribution in [-0.4, -0.2) is 41.0 Å². The summed E-state index contributed by atoms with van der Waals surface area (Å²) in [6.45, 7) is 2.06. The van der Waals surface area contributed by atoms with Crippen molar-refractivity contribution in [2.24, 2.45) is 15.9 Å². The summed E-state index contributed by atoms with van der Waals surface area (Å²) in [4.78, 5) is 43.6. The topological polar surface area (TPSA) is 97.2 Å². The highest BCUT2D eigenvalue weighted by Gasteiger charge is 2.30. The van der Waals surface area contributed by atoms with Crippen LogP contribution in [0.2, 0.25) is 0 Å². The van der Waals surface area contributed by atoms with E-state index in [1.165, 1.54) is 11.8 Å². The lowest BCUT2D eigenvalue weighted by Crippen LogP contribution is -2.31. The molecular formula is C19H21N3O4S. The number of urea groups is 1. The molecule has 1 aromatic rings. The first-order valence-corrected chi connectivity index (χ1v) is 9.95. The number of fused-ring (bicyclic) bond motifs is 1. The Balaban J connectivity index is 1.54. The molecule has 0 bridgehead atoms. The van der Waals surface area contributed by atoms with Crippen LogP contribution in [0.3, 0.4) is 0 Å². The maximum atomic E-state index is 12.2. The first-order chi connectivity index (χ1) is 13.1. The van der Waals surface area contributed by atoms with Gasteiger partial charge in [-0.05, 0) is 50.5 Å². The second-order valence-electron chi connectivity index (χ2n) is 6.27. The number of nitrogens with one attached hydrogen (secondary N) is 1. The van der Waals surface area contributed by atoms with Gasteiger partial charge in [0.05, 0.1) is 23.0 Å². The van der Waals surface area contributed by atoms with Crippen LogP contribution in [0.4, 0.5) is 10.5 Å². The van der Waals surface area contributed by atoms with Crippen LogP contribution in [0, 0.1) is 5.92 Å². The molecule has 3 amide bonds. The Labute approximate surface area is 161 Å². The Morgan fingerprint density at radius 3 is 2.74 bits per heavy atom. The third-order valence-corrected chi connectivity index (χ3v) is 5.43. The van der Waals surface area contributed by atoms with Gasteiger partial charge in [0.25, 0.3) is 0 Å². The third-order valence-electron chi connectivity index (χ3n) is 4.35. The summed E-state index contributed by atoms with van der Waals surface area (Å²) in [6, 6.07) is 6.05. The first-order valence-electron chi connectivity index (χ1n) is 8.96. The summed E-state index contributed by atoms with van der Waals surface area (Å²) in [5.41, 5.74) is 1.93. The molecule has 1 aliphatic heterocycles. The van der Waals surface area contributed by atoms with E-state index in [2.05, 4.69) is 15.3 Å². The van der Waals surface area contributed by atoms with E-state index in [-0.39, 0.29) is 17.6 Å². The van der Waals surface area contributed by atoms with E-state index in [0.29, 0.717) is 22.9 Å². The molecule has 0 aromatic heterocycles. The number of carbonyl (C=O) groups is 3. The van der Waals surface area contributed by atoms with Crippen molar-refractivity contribution in [1.29, 1.82) is 0 Å². The lowest BCUT2D eigenvalue weighted by Gasteiger charge is -2.26. The van der Waals surface area contributed by atoms with Gasteiger partial charge in [-0.25, -0.2) is 14.6 Å². The number of benzene rings is 1. The molecule has 1 aliphatic carbocycles. The molecule has 1 aromatic carbocycles. The van der Waals surface area contributed by atoms with Crippen LogP contribution in [-0.2, 0) is 9.53 Å². The van der Waals surface area contributed by atoms with Gasteiger partial charge >= 0.3 is 12.0 Å². The van der Waals surface area contributed by atoms with E-state index in [0.717, 1.165) is 31.4 Å². The van der Waals surface area contributed by atoms with Gasteiger partial charge in [0, 0.05) is 17.3 Å². The number of esters is 1. The first kappa shape index (κ1) is 19.3. The summed E-state index contributed by atoms with van der Waals surface area (Å²) < 4.78 is 4.93. The SMILES string of the molecule is CCOC(=O)c1ccc(NC(=O)CSC2=NC(=O)N=C3CCCCC32)cc1. The van der Waals surface area contributed by atoms with E-state index < -0.39 is 12.0 Å². The largest absolute Gasteiger partial charge is 0.462 e. The average Bonchev–Trinajstić information content (AvgIpc) is 2.66. The Morgan fingerprint density at radius 1 is 1.22 bits per heavy atom. The van der Waals surface area contributed by atoms with E-state index in [9.17, 15) is 14.4 Å². The maximum absolute atomic E-state index is 12.2. The smallest absolute Gasteiger partial charge is 0.367 e. The Bertz CT molecular complexity index is 802. The summed E-state index contributed by atoms with van der Waals surface area (Å²) in [6.07, 6.45) is 3.88. The minimum absolute atomic E-state index is 0.0816. The van der Waals surface area contributed by atoms with Crippen LogP contribution >= 0.6 is 11.8 Å². The fourth-order valence-electron chi connectivity index (χ4n) is 3.09. The molecule has 1 unspecified atom stereocenters. The number of nitrogens with zero attached hydrogens (tertiary/aromatic N) is 2. The molecule has 1 atom stereocenters. The summed E-state index contributed by atoms with van der Waals surface area (Å²) in [5, 5.41) is 3.47. The highest BCUT2D eigenvalue weighted by atomic mass is 32.2. The summed E-state index contributed by atoms with van der Waals surface area (Å²) in [7, 11) is 0. The Morgan fingerprint density at radius 2 is 2.00 bits per heavy atom. The van der Waals surface area contributed by atoms with Crippen molar-refractivity contribution in [1.82, 2.24) is 0 Å². The molecule has 0 saturated heterocycles. The minimum Gasteiger partial charge on any atom is -0.462 e. The predicted molar refractivity (Wildman–Crippen MR) is 106 cm³/mol. The summed E-state index contributed by atoms with van der Waals surface area (Å²) >= 11 is 1.29. The van der Waals surface area contributed by atoms with Crippen LogP contribution in [0.25, 0.3) is 0 Å². The average molecular weight is 387 g/mol. The molecule has 142 valence electrons. The molecule has 1 saturated carbocycles. The fraction of sp³-hybridized carbons (Fsp3) is 0.421. The van der Waals surface area contributed by atoms with Gasteiger partial charge in [-0.1, -0.05) is 18.2 Å². The van der Waals surface area contributed by atoms with Crippen molar-refractivity contribution >= 4 is 46.1 Å². The van der Waals surface area contributed by atoms with Crippen molar-refractivity contribution < 1.29 is 19.1 Å². The molecule has 3 rings (SSSR count). The Kier molecular flexibility index (Phi) is 6.39. The standard InChI is InChI=1S/C19H21N3O4S/c1-2-26-18(24)12-7-9-13(10-8-12)20-16(23)11-27-17-14-5-3-4-6-15(14)21-19(25)22-17/h7-10,14H,2-6,11H2,1H3,(H,20,23). The number of hydrogen-bond acceptors (Lipinski definition) is 5. The zero-order valence-electron chi connectivity index (χ0n) is 15.1. The molecule has 7 nitrogen and oxygen atoms in total. The van der Waals surface area contributed by atoms with Crippen molar-refractivity contribution in [2.75, 3.05) is 17.7 Å². The van der Waals surface area contributed by atoms with Gasteiger partial charge in [0.15, 0.2) is 0 Å². The monoisotopic (exact) mass is 387 g/mol. The lowest BCUT2D eigenvalue weighted by atomic mass is 9.87. The molecule has 2 aliphatic rings. The number of aliphatic imine (C=N–C) groups is 2. The van der Waals surface area contributed by atoms with E-state index in [1.807, 2.05) is 0 Å². The van der Waals surface area contributed by atoms with Crippen LogP contribution in [0.5, 0.6) is 0 Å². The second-order valence-corrected chi connectivity index (χ2v) is 7.26. The number of carbonyl (C=O) groups excluding carboxylic acids is 3. The zero-order chi connectivity index (χ0) is 19.2. The molecular weight excluding hydrogens is 366 g/mol. The number of rotatable bonds is 5. The van der Waals surface area contributed by atoms with Crippen molar-refractivity contribution in [3.05, 3.63) is 29.8 Å². The zero-order valence-corrected chi connectivity index (χ0v) is 15.9. The van der Waals surface area contributed by atoms with Crippen molar-refractivity contribution in [2.45, 2.75) is 32.6 Å². The molecule has 0 spiro atoms. The second kappa shape index (κ2) is 8.94. The van der Waals surface area contributed by atoms with Crippen molar-refractivity contribution in [3.63, 3.8) is 0 Å². The van der Waals surface area contributed by atoms with E-state index in [4.69, 9.17) is 4.74 Å². The molecule has 0 radical (unpaired) electrons. The van der Waals surface area contributed by atoms with E-state index in [1.54, 1.807) is 31.2 Å². The molecule has 1 N–H and O–H groups in total. The highest BCUT2D eigenvalue weighted by Crippen LogP contribution is 2.30. The third kappa shape index (κ3) is 5.03. The normalized spacial score (nSPS) is 18.9. The maximum Gasteiger partial charge on any atom is 0.367 e. The molecule has 1 fully saturated rings. The Hall–Kier alpha value is -2.48. The predicted octanol–water partition coefficient (Wildman–Crippen LogP) is 3.70. The van der Waals surface area contributed by atoms with Gasteiger partial charge in [-0.3, -0.25) is 4.79 Å². The van der Waals surface area contributed by atoms with Gasteiger partial charge < -0.3 is 10.1 Å². The van der Waals surface area contributed by atoms with Gasteiger partial charge in [0.2, 0.25) is 5.91 Å². The number of thioether (sulfide) groups is 1. The van der Waals surface area contributed by atoms with Gasteiger partial charge in [-0.15, -0.1) is 0 Å². The quantitative estimate of drug-likeness (QED) is 0.777.